The molecule has 104 valence electrons. The Balaban J connectivity index is 2.86. The number of carboxylic acids is 1. The molecule has 0 saturated heterocycles. The molecule has 0 fully saturated rings. The highest BCUT2D eigenvalue weighted by Gasteiger charge is 2.17. The monoisotopic (exact) mass is 266 g/mol. The van der Waals surface area contributed by atoms with Gasteiger partial charge in [0, 0.05) is 23.7 Å². The number of carbonyl (C=O) groups is 2. The summed E-state index contributed by atoms with van der Waals surface area (Å²) >= 11 is 0. The Morgan fingerprint density at radius 1 is 1.42 bits per heavy atom. The highest BCUT2D eigenvalue weighted by molar-refractivity contribution is 5.94. The molecule has 0 saturated carbocycles. The zero-order valence-corrected chi connectivity index (χ0v) is 11.2. The molecule has 0 bridgehead atoms. The van der Waals surface area contributed by atoms with E-state index in [4.69, 9.17) is 15.6 Å². The summed E-state index contributed by atoms with van der Waals surface area (Å²) in [5, 5.41) is 11.6. The van der Waals surface area contributed by atoms with Crippen molar-refractivity contribution >= 4 is 17.6 Å². The number of nitrogens with one attached hydrogen (secondary N) is 1. The number of amides is 1. The van der Waals surface area contributed by atoms with E-state index >= 15 is 0 Å². The molecule has 0 heterocycles. The van der Waals surface area contributed by atoms with Crippen molar-refractivity contribution in [1.82, 2.24) is 0 Å². The fraction of sp³-hybridized carbons (Fsp3) is 0.385. The van der Waals surface area contributed by atoms with Gasteiger partial charge in [0.2, 0.25) is 5.91 Å². The number of methoxy groups -OCH3 is 1. The highest BCUT2D eigenvalue weighted by Crippen LogP contribution is 2.23. The van der Waals surface area contributed by atoms with Crippen LogP contribution < -0.4 is 15.8 Å². The number of ether oxygens (including phenoxy) is 1. The third-order valence-electron chi connectivity index (χ3n) is 2.33. The van der Waals surface area contributed by atoms with E-state index in [0.717, 1.165) is 0 Å². The lowest BCUT2D eigenvalue weighted by atomic mass is 10.0. The van der Waals surface area contributed by atoms with Crippen LogP contribution in [0.5, 0.6) is 5.75 Å². The van der Waals surface area contributed by atoms with Crippen LogP contribution in [0.25, 0.3) is 0 Å². The van der Waals surface area contributed by atoms with Crippen molar-refractivity contribution in [3.8, 4) is 5.75 Å². The smallest absolute Gasteiger partial charge is 0.339 e. The number of benzene rings is 1. The summed E-state index contributed by atoms with van der Waals surface area (Å²) in [6, 6.07) is 4.35. The van der Waals surface area contributed by atoms with Crippen LogP contribution in [0, 0.1) is 0 Å². The van der Waals surface area contributed by atoms with Crippen LogP contribution in [0.4, 0.5) is 5.69 Å². The number of carboxylic acid groups (broad SMARTS) is 1. The lowest BCUT2D eigenvalue weighted by Gasteiger charge is -2.17. The number of anilines is 1. The fourth-order valence-corrected chi connectivity index (χ4v) is 1.56. The molecule has 0 aliphatic rings. The summed E-state index contributed by atoms with van der Waals surface area (Å²) < 4.78 is 4.97. The van der Waals surface area contributed by atoms with E-state index in [1.807, 2.05) is 0 Å². The van der Waals surface area contributed by atoms with Crippen molar-refractivity contribution in [2.75, 3.05) is 12.4 Å². The van der Waals surface area contributed by atoms with E-state index in [0.29, 0.717) is 5.69 Å². The molecule has 1 rings (SSSR count). The molecule has 0 unspecified atom stereocenters. The van der Waals surface area contributed by atoms with E-state index < -0.39 is 11.5 Å². The molecular formula is C13H18N2O4. The molecule has 4 N–H and O–H groups in total. The van der Waals surface area contributed by atoms with Crippen LogP contribution in [-0.4, -0.2) is 29.6 Å². The standard InChI is InChI=1S/C13H18N2O4/c1-13(2,14)7-11(16)15-8-4-5-9(12(17)18)10(6-8)19-3/h4-6H,7,14H2,1-3H3,(H,15,16)(H,17,18). The molecule has 0 radical (unpaired) electrons. The first kappa shape index (κ1) is 15.0. The summed E-state index contributed by atoms with van der Waals surface area (Å²) in [7, 11) is 1.37. The third kappa shape index (κ3) is 4.59. The summed E-state index contributed by atoms with van der Waals surface area (Å²) in [6.07, 6.45) is 0.163. The maximum atomic E-state index is 11.7. The number of nitrogens with two attached hydrogens (primary N) is 1. The predicted octanol–water partition coefficient (Wildman–Crippen LogP) is 1.46. The average molecular weight is 266 g/mol. The number of hydrogen-bond acceptors (Lipinski definition) is 4. The first-order valence-corrected chi connectivity index (χ1v) is 5.73. The lowest BCUT2D eigenvalue weighted by molar-refractivity contribution is -0.117. The Kier molecular flexibility index (Phi) is 4.50. The highest BCUT2D eigenvalue weighted by atomic mass is 16.5. The van der Waals surface area contributed by atoms with Gasteiger partial charge in [-0.25, -0.2) is 4.79 Å². The zero-order valence-electron chi connectivity index (χ0n) is 11.2. The van der Waals surface area contributed by atoms with Crippen molar-refractivity contribution in [3.63, 3.8) is 0 Å². The van der Waals surface area contributed by atoms with Gasteiger partial charge in [0.15, 0.2) is 0 Å². The van der Waals surface area contributed by atoms with Crippen LogP contribution in [-0.2, 0) is 4.79 Å². The molecule has 0 aromatic heterocycles. The van der Waals surface area contributed by atoms with Crippen molar-refractivity contribution in [1.29, 1.82) is 0 Å². The molecule has 0 aliphatic carbocycles. The quantitative estimate of drug-likeness (QED) is 0.748. The SMILES string of the molecule is COc1cc(NC(=O)CC(C)(C)N)ccc1C(=O)O. The van der Waals surface area contributed by atoms with E-state index in [-0.39, 0.29) is 23.6 Å². The summed E-state index contributed by atoms with van der Waals surface area (Å²) in [5.41, 5.74) is 5.65. The lowest BCUT2D eigenvalue weighted by Crippen LogP contribution is -2.36. The Labute approximate surface area is 111 Å². The minimum atomic E-state index is -1.09. The molecule has 1 amide bonds. The largest absolute Gasteiger partial charge is 0.496 e. The molecule has 6 heteroatoms. The molecule has 1 aromatic rings. The average Bonchev–Trinajstić information content (AvgIpc) is 2.25. The van der Waals surface area contributed by atoms with Gasteiger partial charge in [-0.2, -0.15) is 0 Å². The summed E-state index contributed by atoms with van der Waals surface area (Å²) in [4.78, 5) is 22.6. The van der Waals surface area contributed by atoms with Crippen LogP contribution >= 0.6 is 0 Å². The maximum absolute atomic E-state index is 11.7. The number of hydrogen-bond donors (Lipinski definition) is 3. The van der Waals surface area contributed by atoms with Crippen molar-refractivity contribution in [2.45, 2.75) is 25.8 Å². The minimum absolute atomic E-state index is 0.0413. The van der Waals surface area contributed by atoms with Gasteiger partial charge in [-0.3, -0.25) is 4.79 Å². The molecule has 19 heavy (non-hydrogen) atoms. The second kappa shape index (κ2) is 5.71. The van der Waals surface area contributed by atoms with Gasteiger partial charge >= 0.3 is 5.97 Å². The number of carbonyl (C=O) groups excluding carboxylic acids is 1. The molecule has 0 aliphatic heterocycles. The summed E-state index contributed by atoms with van der Waals surface area (Å²) in [6.45, 7) is 3.50. The van der Waals surface area contributed by atoms with Crippen molar-refractivity contribution < 1.29 is 19.4 Å². The molecule has 0 spiro atoms. The Morgan fingerprint density at radius 3 is 2.53 bits per heavy atom. The Morgan fingerprint density at radius 2 is 2.05 bits per heavy atom. The number of aromatic carboxylic acids is 1. The van der Waals surface area contributed by atoms with Gasteiger partial charge in [0.1, 0.15) is 11.3 Å². The van der Waals surface area contributed by atoms with Crippen molar-refractivity contribution in [2.24, 2.45) is 5.73 Å². The predicted molar refractivity (Wildman–Crippen MR) is 71.5 cm³/mol. The summed E-state index contributed by atoms with van der Waals surface area (Å²) in [5.74, 6) is -1.13. The van der Waals surface area contributed by atoms with Gasteiger partial charge in [0.05, 0.1) is 7.11 Å². The first-order chi connectivity index (χ1) is 8.73. The Hall–Kier alpha value is -2.08. The van der Waals surface area contributed by atoms with Crippen LogP contribution in [0.2, 0.25) is 0 Å². The van der Waals surface area contributed by atoms with E-state index in [9.17, 15) is 9.59 Å². The maximum Gasteiger partial charge on any atom is 0.339 e. The third-order valence-corrected chi connectivity index (χ3v) is 2.33. The second-order valence-corrected chi connectivity index (χ2v) is 4.93. The fourth-order valence-electron chi connectivity index (χ4n) is 1.56. The van der Waals surface area contributed by atoms with E-state index in [2.05, 4.69) is 5.32 Å². The van der Waals surface area contributed by atoms with Gasteiger partial charge in [-0.05, 0) is 26.0 Å². The molecule has 6 nitrogen and oxygen atoms in total. The van der Waals surface area contributed by atoms with Crippen LogP contribution in [0.15, 0.2) is 18.2 Å². The zero-order chi connectivity index (χ0) is 14.6. The Bertz CT molecular complexity index is 492. The topological polar surface area (TPSA) is 102 Å². The van der Waals surface area contributed by atoms with Gasteiger partial charge < -0.3 is 20.9 Å². The molecular weight excluding hydrogens is 248 g/mol. The number of rotatable bonds is 5. The first-order valence-electron chi connectivity index (χ1n) is 5.73. The second-order valence-electron chi connectivity index (χ2n) is 4.93. The van der Waals surface area contributed by atoms with Crippen LogP contribution in [0.3, 0.4) is 0 Å². The minimum Gasteiger partial charge on any atom is -0.496 e. The normalized spacial score (nSPS) is 10.9. The van der Waals surface area contributed by atoms with E-state index in [1.165, 1.54) is 25.3 Å². The van der Waals surface area contributed by atoms with Crippen LogP contribution in [0.1, 0.15) is 30.6 Å². The van der Waals surface area contributed by atoms with Gasteiger partial charge in [-0.15, -0.1) is 0 Å². The van der Waals surface area contributed by atoms with Crippen molar-refractivity contribution in [3.05, 3.63) is 23.8 Å². The van der Waals surface area contributed by atoms with Gasteiger partial charge in [0.25, 0.3) is 0 Å². The van der Waals surface area contributed by atoms with Gasteiger partial charge in [-0.1, -0.05) is 0 Å². The molecule has 0 atom stereocenters. The van der Waals surface area contributed by atoms with E-state index in [1.54, 1.807) is 13.8 Å². The molecule has 1 aromatic carbocycles.